The van der Waals surface area contributed by atoms with Crippen molar-refractivity contribution in [2.75, 3.05) is 29.9 Å². The molecule has 0 spiro atoms. The monoisotopic (exact) mass is 562 g/mol. The van der Waals surface area contributed by atoms with Gasteiger partial charge in [-0.05, 0) is 67.6 Å². The normalized spacial score (nSPS) is 15.5. The fourth-order valence-electron chi connectivity index (χ4n) is 5.15. The van der Waals surface area contributed by atoms with Crippen LogP contribution in [-0.2, 0) is 11.2 Å². The van der Waals surface area contributed by atoms with Crippen LogP contribution in [0.15, 0.2) is 72.8 Å². The van der Waals surface area contributed by atoms with E-state index >= 15 is 0 Å². The largest absolute Gasteiger partial charge is 0.390 e. The van der Waals surface area contributed by atoms with E-state index in [9.17, 15) is 14.7 Å². The third-order valence-electron chi connectivity index (χ3n) is 7.26. The number of hydrogen-bond acceptors (Lipinski definition) is 5. The van der Waals surface area contributed by atoms with Crippen LogP contribution in [0.5, 0.6) is 0 Å². The third kappa shape index (κ3) is 7.84. The molecule has 0 aromatic heterocycles. The van der Waals surface area contributed by atoms with Crippen LogP contribution in [0.3, 0.4) is 0 Å². The molecule has 3 aromatic rings. The zero-order valence-electron chi connectivity index (χ0n) is 23.2. The quantitative estimate of drug-likeness (QED) is 0.226. The van der Waals surface area contributed by atoms with Gasteiger partial charge < -0.3 is 26.0 Å². The van der Waals surface area contributed by atoms with Gasteiger partial charge in [0.15, 0.2) is 0 Å². The van der Waals surface area contributed by atoms with Gasteiger partial charge in [0.2, 0.25) is 5.91 Å². The van der Waals surface area contributed by atoms with Crippen LogP contribution >= 0.6 is 11.6 Å². The number of anilines is 2. The maximum absolute atomic E-state index is 13.6. The van der Waals surface area contributed by atoms with E-state index in [0.717, 1.165) is 29.7 Å². The zero-order valence-corrected chi connectivity index (χ0v) is 24.0. The Hall–Kier alpha value is -3.39. The first-order chi connectivity index (χ1) is 19.4. The molecule has 4 N–H and O–H groups in total. The fourth-order valence-corrected chi connectivity index (χ4v) is 5.35. The Morgan fingerprint density at radius 1 is 1.05 bits per heavy atom. The molecule has 3 atom stereocenters. The highest BCUT2D eigenvalue weighted by Gasteiger charge is 2.26. The summed E-state index contributed by atoms with van der Waals surface area (Å²) in [4.78, 5) is 27.8. The highest BCUT2D eigenvalue weighted by atomic mass is 35.5. The molecule has 3 aromatic carbocycles. The van der Waals surface area contributed by atoms with Crippen molar-refractivity contribution >= 4 is 34.8 Å². The molecule has 8 heteroatoms. The highest BCUT2D eigenvalue weighted by molar-refractivity contribution is 6.30. The van der Waals surface area contributed by atoms with E-state index in [0.29, 0.717) is 42.2 Å². The van der Waals surface area contributed by atoms with Crippen molar-refractivity contribution in [1.82, 2.24) is 10.6 Å². The average molecular weight is 563 g/mol. The van der Waals surface area contributed by atoms with Crippen molar-refractivity contribution in [3.8, 4) is 0 Å². The van der Waals surface area contributed by atoms with Crippen molar-refractivity contribution in [1.29, 1.82) is 0 Å². The van der Waals surface area contributed by atoms with Crippen molar-refractivity contribution in [3.05, 3.63) is 94.5 Å². The second-order valence-corrected chi connectivity index (χ2v) is 10.6. The van der Waals surface area contributed by atoms with E-state index in [-0.39, 0.29) is 24.4 Å². The SMILES string of the molecule is CCNc1cc(C(=O)N[C@@H](Cc2ccccc2)[C@H](O)CNC(CC)c2cccc(Cl)c2)cc(N2CCCC2=O)c1. The van der Waals surface area contributed by atoms with Crippen molar-refractivity contribution < 1.29 is 14.7 Å². The van der Waals surface area contributed by atoms with Gasteiger partial charge in [0.05, 0.1) is 12.1 Å². The van der Waals surface area contributed by atoms with E-state index < -0.39 is 12.1 Å². The summed E-state index contributed by atoms with van der Waals surface area (Å²) in [6.45, 7) is 5.67. The number of benzene rings is 3. The number of amides is 2. The number of halogens is 1. The molecular formula is C32H39ClN4O3. The van der Waals surface area contributed by atoms with Gasteiger partial charge in [-0.25, -0.2) is 0 Å². The Morgan fingerprint density at radius 3 is 2.52 bits per heavy atom. The number of aliphatic hydroxyl groups is 1. The maximum Gasteiger partial charge on any atom is 0.251 e. The number of aliphatic hydroxyl groups excluding tert-OH is 1. The zero-order chi connectivity index (χ0) is 28.5. The molecule has 0 saturated carbocycles. The van der Waals surface area contributed by atoms with Crippen LogP contribution in [-0.4, -0.2) is 48.7 Å². The van der Waals surface area contributed by atoms with E-state index in [4.69, 9.17) is 11.6 Å². The lowest BCUT2D eigenvalue weighted by atomic mass is 9.99. The minimum absolute atomic E-state index is 0.0128. The summed E-state index contributed by atoms with van der Waals surface area (Å²) >= 11 is 6.21. The molecule has 1 heterocycles. The highest BCUT2D eigenvalue weighted by Crippen LogP contribution is 2.27. The van der Waals surface area contributed by atoms with Gasteiger partial charge in [-0.3, -0.25) is 9.59 Å². The number of hydrogen-bond donors (Lipinski definition) is 4. The van der Waals surface area contributed by atoms with Crippen molar-refractivity contribution in [3.63, 3.8) is 0 Å². The van der Waals surface area contributed by atoms with E-state index in [1.54, 1.807) is 17.0 Å². The van der Waals surface area contributed by atoms with Crippen LogP contribution in [0.2, 0.25) is 5.02 Å². The van der Waals surface area contributed by atoms with Crippen molar-refractivity contribution in [2.45, 2.75) is 57.7 Å². The number of rotatable bonds is 13. The minimum Gasteiger partial charge on any atom is -0.390 e. The molecule has 1 saturated heterocycles. The van der Waals surface area contributed by atoms with Crippen LogP contribution in [0.25, 0.3) is 0 Å². The Kier molecular flexibility index (Phi) is 10.6. The van der Waals surface area contributed by atoms with Gasteiger partial charge in [0, 0.05) is 54.1 Å². The van der Waals surface area contributed by atoms with Crippen LogP contribution in [0, 0.1) is 0 Å². The molecule has 1 aliphatic heterocycles. The molecule has 0 radical (unpaired) electrons. The van der Waals surface area contributed by atoms with Gasteiger partial charge in [0.25, 0.3) is 5.91 Å². The molecule has 1 fully saturated rings. The fraction of sp³-hybridized carbons (Fsp3) is 0.375. The Balaban J connectivity index is 1.54. The molecule has 4 rings (SSSR count). The smallest absolute Gasteiger partial charge is 0.251 e. The van der Waals surface area contributed by atoms with Gasteiger partial charge in [-0.1, -0.05) is 61.0 Å². The number of carbonyl (C=O) groups excluding carboxylic acids is 2. The van der Waals surface area contributed by atoms with Crippen molar-refractivity contribution in [2.24, 2.45) is 0 Å². The lowest BCUT2D eigenvalue weighted by Crippen LogP contribution is -2.49. The summed E-state index contributed by atoms with van der Waals surface area (Å²) in [6.07, 6.45) is 1.75. The van der Waals surface area contributed by atoms with E-state index in [2.05, 4.69) is 22.9 Å². The molecule has 1 unspecified atom stereocenters. The Morgan fingerprint density at radius 2 is 1.85 bits per heavy atom. The number of nitrogens with one attached hydrogen (secondary N) is 3. The van der Waals surface area contributed by atoms with E-state index in [1.165, 1.54) is 0 Å². The molecule has 7 nitrogen and oxygen atoms in total. The third-order valence-corrected chi connectivity index (χ3v) is 7.49. The van der Waals surface area contributed by atoms with Gasteiger partial charge in [0.1, 0.15) is 0 Å². The predicted octanol–water partition coefficient (Wildman–Crippen LogP) is 5.34. The summed E-state index contributed by atoms with van der Waals surface area (Å²) in [6, 6.07) is 22.5. The molecule has 0 aliphatic carbocycles. The topological polar surface area (TPSA) is 93.7 Å². The first-order valence-electron chi connectivity index (χ1n) is 14.1. The second-order valence-electron chi connectivity index (χ2n) is 10.2. The maximum atomic E-state index is 13.6. The summed E-state index contributed by atoms with van der Waals surface area (Å²) < 4.78 is 0. The minimum atomic E-state index is -0.853. The first kappa shape index (κ1) is 29.6. The molecule has 212 valence electrons. The van der Waals surface area contributed by atoms with Gasteiger partial charge in [-0.15, -0.1) is 0 Å². The number of nitrogens with zero attached hydrogens (tertiary/aromatic N) is 1. The van der Waals surface area contributed by atoms with Crippen LogP contribution in [0.4, 0.5) is 11.4 Å². The Bertz CT molecular complexity index is 1290. The molecule has 1 aliphatic rings. The molecule has 2 amide bonds. The van der Waals surface area contributed by atoms with Gasteiger partial charge in [-0.2, -0.15) is 0 Å². The van der Waals surface area contributed by atoms with Crippen LogP contribution in [0.1, 0.15) is 60.6 Å². The average Bonchev–Trinajstić information content (AvgIpc) is 3.39. The summed E-state index contributed by atoms with van der Waals surface area (Å²) in [7, 11) is 0. The summed E-state index contributed by atoms with van der Waals surface area (Å²) in [5, 5.41) is 21.8. The Labute approximate surface area is 241 Å². The predicted molar refractivity (Wildman–Crippen MR) is 162 cm³/mol. The van der Waals surface area contributed by atoms with Gasteiger partial charge >= 0.3 is 0 Å². The first-order valence-corrected chi connectivity index (χ1v) is 14.5. The van der Waals surface area contributed by atoms with E-state index in [1.807, 2.05) is 67.6 Å². The molecule has 40 heavy (non-hydrogen) atoms. The summed E-state index contributed by atoms with van der Waals surface area (Å²) in [5.74, 6) is -0.233. The molecule has 0 bridgehead atoms. The lowest BCUT2D eigenvalue weighted by molar-refractivity contribution is -0.117. The lowest BCUT2D eigenvalue weighted by Gasteiger charge is -2.27. The van der Waals surface area contributed by atoms with Crippen LogP contribution < -0.4 is 20.9 Å². The molecular weight excluding hydrogens is 524 g/mol. The second kappa shape index (κ2) is 14.3. The number of carbonyl (C=O) groups is 2. The summed E-state index contributed by atoms with van der Waals surface area (Å²) in [5.41, 5.74) is 3.99. The standard InChI is InChI=1S/C32H39ClN4O3/c1-3-28(23-12-8-13-25(33)17-23)35-21-30(38)29(16-22-10-6-5-7-11-22)36-32(40)24-18-26(34-4-2)20-27(19-24)37-15-9-14-31(37)39/h5-8,10-13,17-20,28-30,34-35,38H,3-4,9,14-16,21H2,1-2H3,(H,36,40)/t28?,29-,30+/m0/s1.